The molecule has 0 spiro atoms. The summed E-state index contributed by atoms with van der Waals surface area (Å²) in [7, 11) is 0. The van der Waals surface area contributed by atoms with Crippen molar-refractivity contribution >= 4 is 23.7 Å². The Kier molecular flexibility index (Phi) is 3.36. The second kappa shape index (κ2) is 5.19. The Morgan fingerprint density at radius 1 is 1.48 bits per heavy atom. The molecule has 2 saturated heterocycles. The number of anilines is 1. The smallest absolute Gasteiger partial charge is 0.327 e. The van der Waals surface area contributed by atoms with Gasteiger partial charge in [0.25, 0.3) is 5.91 Å². The lowest BCUT2D eigenvalue weighted by atomic mass is 10.0. The third-order valence-corrected chi connectivity index (χ3v) is 3.73. The van der Waals surface area contributed by atoms with E-state index in [0.29, 0.717) is 18.7 Å². The van der Waals surface area contributed by atoms with Gasteiger partial charge in [0.05, 0.1) is 0 Å². The molecule has 1 atom stereocenters. The van der Waals surface area contributed by atoms with Gasteiger partial charge in [-0.05, 0) is 26.2 Å². The molecule has 112 valence electrons. The Balaban J connectivity index is 1.65. The van der Waals surface area contributed by atoms with Crippen molar-refractivity contribution in [3.63, 3.8) is 0 Å². The maximum Gasteiger partial charge on any atom is 0.327 e. The maximum absolute atomic E-state index is 12.2. The quantitative estimate of drug-likeness (QED) is 0.829. The Morgan fingerprint density at radius 2 is 2.29 bits per heavy atom. The number of aromatic nitrogens is 1. The fourth-order valence-electron chi connectivity index (χ4n) is 2.74. The molecule has 0 saturated carbocycles. The summed E-state index contributed by atoms with van der Waals surface area (Å²) in [6.45, 7) is 1.99. The number of carbonyl (C=O) groups excluding carboxylic acids is 3. The van der Waals surface area contributed by atoms with Gasteiger partial charge < -0.3 is 14.7 Å². The van der Waals surface area contributed by atoms with E-state index in [2.05, 4.69) is 10.5 Å². The minimum atomic E-state index is -0.468. The Morgan fingerprint density at radius 3 is 2.95 bits per heavy atom. The van der Waals surface area contributed by atoms with Gasteiger partial charge in [-0.25, -0.2) is 4.79 Å². The molecule has 8 nitrogen and oxygen atoms in total. The van der Waals surface area contributed by atoms with E-state index >= 15 is 0 Å². The van der Waals surface area contributed by atoms with Crippen LogP contribution in [-0.2, 0) is 9.59 Å². The number of nitrogens with zero attached hydrogens (tertiary/aromatic N) is 3. The van der Waals surface area contributed by atoms with Crippen molar-refractivity contribution in [2.45, 2.75) is 32.2 Å². The minimum Gasteiger partial charge on any atom is -0.360 e. The molecule has 3 rings (SSSR count). The molecule has 0 aromatic carbocycles. The number of rotatable bonds is 3. The fraction of sp³-hybridized carbons (Fsp3) is 0.538. The van der Waals surface area contributed by atoms with Crippen molar-refractivity contribution in [3.8, 4) is 0 Å². The van der Waals surface area contributed by atoms with Crippen molar-refractivity contribution in [1.29, 1.82) is 0 Å². The van der Waals surface area contributed by atoms with E-state index in [1.165, 1.54) is 0 Å². The first-order valence-electron chi connectivity index (χ1n) is 6.91. The molecule has 2 fully saturated rings. The average Bonchev–Trinajstić information content (AvgIpc) is 2.97. The summed E-state index contributed by atoms with van der Waals surface area (Å²) in [4.78, 5) is 38.8. The SMILES string of the molecule is Cc1cc(NC(=O)CN2C(=O)[C@@H]3CCCCN3C2=O)no1. The predicted octanol–water partition coefficient (Wildman–Crippen LogP) is 0.738. The standard InChI is InChI=1S/C13H16N4O4/c1-8-6-10(15-21-8)14-11(18)7-17-12(19)9-4-2-3-5-16(9)13(17)20/h6,9H,2-5,7H2,1H3,(H,14,15,18)/t9-/m0/s1. The van der Waals surface area contributed by atoms with Crippen LogP contribution >= 0.6 is 0 Å². The number of imide groups is 1. The zero-order valence-corrected chi connectivity index (χ0v) is 11.7. The largest absolute Gasteiger partial charge is 0.360 e. The first-order chi connectivity index (χ1) is 10.1. The number of piperidine rings is 1. The monoisotopic (exact) mass is 292 g/mol. The van der Waals surface area contributed by atoms with Crippen LogP contribution in [0.15, 0.2) is 10.6 Å². The number of urea groups is 1. The summed E-state index contributed by atoms with van der Waals surface area (Å²) >= 11 is 0. The molecule has 2 aliphatic rings. The summed E-state index contributed by atoms with van der Waals surface area (Å²) in [5.41, 5.74) is 0. The van der Waals surface area contributed by atoms with Gasteiger partial charge in [-0.2, -0.15) is 0 Å². The summed E-state index contributed by atoms with van der Waals surface area (Å²) in [6.07, 6.45) is 2.50. The van der Waals surface area contributed by atoms with E-state index < -0.39 is 11.9 Å². The van der Waals surface area contributed by atoms with Gasteiger partial charge in [0.15, 0.2) is 5.82 Å². The van der Waals surface area contributed by atoms with Crippen LogP contribution < -0.4 is 5.32 Å². The van der Waals surface area contributed by atoms with Crippen LogP contribution in [0, 0.1) is 6.92 Å². The highest BCUT2D eigenvalue weighted by molar-refractivity contribution is 6.07. The van der Waals surface area contributed by atoms with Gasteiger partial charge in [-0.1, -0.05) is 5.16 Å². The number of hydrogen-bond donors (Lipinski definition) is 1. The van der Waals surface area contributed by atoms with Gasteiger partial charge in [-0.15, -0.1) is 0 Å². The molecule has 0 unspecified atom stereocenters. The third kappa shape index (κ3) is 2.48. The Labute approximate surface area is 121 Å². The summed E-state index contributed by atoms with van der Waals surface area (Å²) in [5.74, 6) is 0.0844. The molecule has 2 aliphatic heterocycles. The third-order valence-electron chi connectivity index (χ3n) is 3.73. The van der Waals surface area contributed by atoms with Crippen LogP contribution in [0.4, 0.5) is 10.6 Å². The lowest BCUT2D eigenvalue weighted by molar-refractivity contribution is -0.131. The normalized spacial score (nSPS) is 21.7. The summed E-state index contributed by atoms with van der Waals surface area (Å²) in [5, 5.41) is 6.14. The number of fused-ring (bicyclic) bond motifs is 1. The topological polar surface area (TPSA) is 95.8 Å². The molecule has 1 aromatic rings. The molecule has 21 heavy (non-hydrogen) atoms. The molecule has 0 radical (unpaired) electrons. The van der Waals surface area contributed by atoms with Crippen molar-refractivity contribution in [3.05, 3.63) is 11.8 Å². The van der Waals surface area contributed by atoms with Crippen LogP contribution in [0.1, 0.15) is 25.0 Å². The fourth-order valence-corrected chi connectivity index (χ4v) is 2.74. The second-order valence-corrected chi connectivity index (χ2v) is 5.28. The zero-order valence-electron chi connectivity index (χ0n) is 11.7. The predicted molar refractivity (Wildman–Crippen MR) is 71.3 cm³/mol. The second-order valence-electron chi connectivity index (χ2n) is 5.28. The van der Waals surface area contributed by atoms with Gasteiger partial charge in [0.2, 0.25) is 5.91 Å². The molecule has 0 aliphatic carbocycles. The van der Waals surface area contributed by atoms with Gasteiger partial charge in [0, 0.05) is 12.6 Å². The van der Waals surface area contributed by atoms with Crippen molar-refractivity contribution in [1.82, 2.24) is 15.0 Å². The molecule has 1 aromatic heterocycles. The lowest BCUT2D eigenvalue weighted by Gasteiger charge is -2.26. The molecule has 3 heterocycles. The van der Waals surface area contributed by atoms with Crippen LogP contribution in [0.2, 0.25) is 0 Å². The van der Waals surface area contributed by atoms with Crippen LogP contribution in [0.25, 0.3) is 0 Å². The van der Waals surface area contributed by atoms with E-state index in [4.69, 9.17) is 4.52 Å². The number of nitrogens with one attached hydrogen (secondary N) is 1. The van der Waals surface area contributed by atoms with Gasteiger partial charge in [0.1, 0.15) is 18.3 Å². The number of amides is 4. The molecule has 8 heteroatoms. The van der Waals surface area contributed by atoms with Crippen LogP contribution in [0.3, 0.4) is 0 Å². The zero-order chi connectivity index (χ0) is 15.0. The highest BCUT2D eigenvalue weighted by Gasteiger charge is 2.46. The number of hydrogen-bond acceptors (Lipinski definition) is 5. The highest BCUT2D eigenvalue weighted by Crippen LogP contribution is 2.26. The lowest BCUT2D eigenvalue weighted by Crippen LogP contribution is -2.39. The molecular formula is C13H16N4O4. The van der Waals surface area contributed by atoms with E-state index in [-0.39, 0.29) is 24.3 Å². The van der Waals surface area contributed by atoms with Crippen LogP contribution in [-0.4, -0.2) is 51.9 Å². The first kappa shape index (κ1) is 13.6. The summed E-state index contributed by atoms with van der Waals surface area (Å²) < 4.78 is 4.83. The molecule has 1 N–H and O–H groups in total. The number of aryl methyl sites for hydroxylation is 1. The van der Waals surface area contributed by atoms with Crippen molar-refractivity contribution in [2.75, 3.05) is 18.4 Å². The van der Waals surface area contributed by atoms with Crippen molar-refractivity contribution in [2.24, 2.45) is 0 Å². The highest BCUT2D eigenvalue weighted by atomic mass is 16.5. The Bertz CT molecular complexity index is 573. The number of carbonyl (C=O) groups is 3. The molecule has 4 amide bonds. The van der Waals surface area contributed by atoms with E-state index in [9.17, 15) is 14.4 Å². The van der Waals surface area contributed by atoms with Crippen LogP contribution in [0.5, 0.6) is 0 Å². The first-order valence-corrected chi connectivity index (χ1v) is 6.91. The maximum atomic E-state index is 12.2. The van der Waals surface area contributed by atoms with E-state index in [1.807, 2.05) is 0 Å². The molecule has 0 bridgehead atoms. The van der Waals surface area contributed by atoms with Gasteiger partial charge in [-0.3, -0.25) is 14.5 Å². The van der Waals surface area contributed by atoms with Gasteiger partial charge >= 0.3 is 6.03 Å². The minimum absolute atomic E-state index is 0.273. The average molecular weight is 292 g/mol. The van der Waals surface area contributed by atoms with E-state index in [1.54, 1.807) is 17.9 Å². The Hall–Kier alpha value is -2.38. The summed E-state index contributed by atoms with van der Waals surface area (Å²) in [6, 6.07) is 0.791. The van der Waals surface area contributed by atoms with Crippen molar-refractivity contribution < 1.29 is 18.9 Å². The molecular weight excluding hydrogens is 276 g/mol. The van der Waals surface area contributed by atoms with E-state index in [0.717, 1.165) is 17.7 Å².